The quantitative estimate of drug-likeness (QED) is 0.874. The molecule has 0 aliphatic carbocycles. The first-order chi connectivity index (χ1) is 8.50. The molecule has 0 bridgehead atoms. The summed E-state index contributed by atoms with van der Waals surface area (Å²) in [5, 5.41) is 18.8. The van der Waals surface area contributed by atoms with Gasteiger partial charge in [0.15, 0.2) is 0 Å². The van der Waals surface area contributed by atoms with Gasteiger partial charge in [-0.25, -0.2) is 9.18 Å². The number of aromatic hydroxyl groups is 1. The summed E-state index contributed by atoms with van der Waals surface area (Å²) in [6, 6.07) is 7.73. The van der Waals surface area contributed by atoms with E-state index in [4.69, 9.17) is 16.7 Å². The topological polar surface area (TPSA) is 57.5 Å². The number of phenolic OH excluding ortho intramolecular Hbond substituents is 1. The molecule has 0 amide bonds. The Labute approximate surface area is 107 Å². The molecule has 0 fully saturated rings. The van der Waals surface area contributed by atoms with E-state index in [9.17, 15) is 14.3 Å². The van der Waals surface area contributed by atoms with Crippen LogP contribution in [-0.2, 0) is 0 Å². The molecule has 2 rings (SSSR count). The largest absolute Gasteiger partial charge is 0.507 e. The van der Waals surface area contributed by atoms with Crippen LogP contribution in [0.15, 0.2) is 36.4 Å². The van der Waals surface area contributed by atoms with Crippen molar-refractivity contribution in [1.29, 1.82) is 0 Å². The first-order valence-corrected chi connectivity index (χ1v) is 5.39. The number of aromatic carboxylic acids is 1. The molecule has 0 aliphatic rings. The molecule has 18 heavy (non-hydrogen) atoms. The van der Waals surface area contributed by atoms with Gasteiger partial charge in [0.05, 0.1) is 10.6 Å². The van der Waals surface area contributed by atoms with Crippen molar-refractivity contribution >= 4 is 17.6 Å². The van der Waals surface area contributed by atoms with Crippen molar-refractivity contribution in [2.75, 3.05) is 0 Å². The Morgan fingerprint density at radius 3 is 2.56 bits per heavy atom. The summed E-state index contributed by atoms with van der Waals surface area (Å²) < 4.78 is 13.2. The molecule has 0 radical (unpaired) electrons. The summed E-state index contributed by atoms with van der Waals surface area (Å²) in [6.45, 7) is 0. The van der Waals surface area contributed by atoms with Gasteiger partial charge in [0.2, 0.25) is 0 Å². The second-order valence-electron chi connectivity index (χ2n) is 3.63. The molecule has 2 aromatic carbocycles. The third kappa shape index (κ3) is 2.15. The second-order valence-corrected chi connectivity index (χ2v) is 4.04. The minimum atomic E-state index is -1.24. The van der Waals surface area contributed by atoms with Gasteiger partial charge in [-0.1, -0.05) is 23.7 Å². The van der Waals surface area contributed by atoms with E-state index < -0.39 is 11.8 Å². The van der Waals surface area contributed by atoms with E-state index in [0.717, 1.165) is 18.2 Å². The van der Waals surface area contributed by atoms with Gasteiger partial charge in [0.1, 0.15) is 11.6 Å². The van der Waals surface area contributed by atoms with E-state index >= 15 is 0 Å². The Morgan fingerprint density at radius 2 is 1.89 bits per heavy atom. The fraction of sp³-hybridized carbons (Fsp3) is 0. The zero-order chi connectivity index (χ0) is 13.3. The maximum Gasteiger partial charge on any atom is 0.337 e. The highest BCUT2D eigenvalue weighted by atomic mass is 35.5. The molecule has 0 aliphatic heterocycles. The molecular formula is C13H8ClFO3. The number of carbonyl (C=O) groups is 1. The molecule has 0 heterocycles. The number of benzene rings is 2. The summed E-state index contributed by atoms with van der Waals surface area (Å²) in [5.41, 5.74) is 0.0990. The van der Waals surface area contributed by atoms with Crippen molar-refractivity contribution in [1.82, 2.24) is 0 Å². The van der Waals surface area contributed by atoms with Crippen LogP contribution in [-0.4, -0.2) is 16.2 Å². The van der Waals surface area contributed by atoms with Gasteiger partial charge < -0.3 is 10.2 Å². The van der Waals surface area contributed by atoms with Crippen molar-refractivity contribution < 1.29 is 19.4 Å². The number of hydrogen-bond acceptors (Lipinski definition) is 2. The Balaban J connectivity index is 2.75. The first kappa shape index (κ1) is 12.4. The third-order valence-corrected chi connectivity index (χ3v) is 2.79. The van der Waals surface area contributed by atoms with E-state index in [1.165, 1.54) is 18.2 Å². The van der Waals surface area contributed by atoms with Crippen molar-refractivity contribution in [2.24, 2.45) is 0 Å². The van der Waals surface area contributed by atoms with Gasteiger partial charge in [-0.3, -0.25) is 0 Å². The number of phenols is 1. The molecule has 5 heteroatoms. The van der Waals surface area contributed by atoms with Crippen LogP contribution in [0.25, 0.3) is 11.1 Å². The Kier molecular flexibility index (Phi) is 3.21. The van der Waals surface area contributed by atoms with Gasteiger partial charge in [0, 0.05) is 11.1 Å². The third-order valence-electron chi connectivity index (χ3n) is 2.48. The predicted octanol–water partition coefficient (Wildman–Crippen LogP) is 3.55. The van der Waals surface area contributed by atoms with E-state index in [1.54, 1.807) is 0 Å². The molecule has 2 aromatic rings. The predicted molar refractivity (Wildman–Crippen MR) is 65.5 cm³/mol. The van der Waals surface area contributed by atoms with E-state index in [2.05, 4.69) is 0 Å². The maximum atomic E-state index is 13.2. The average Bonchev–Trinajstić information content (AvgIpc) is 2.31. The van der Waals surface area contributed by atoms with Crippen molar-refractivity contribution in [3.05, 3.63) is 52.8 Å². The Hall–Kier alpha value is -2.07. The number of carboxylic acids is 1. The fourth-order valence-electron chi connectivity index (χ4n) is 1.69. The minimum absolute atomic E-state index is 0.0312. The van der Waals surface area contributed by atoms with E-state index in [1.807, 2.05) is 0 Å². The SMILES string of the molecule is O=C(O)c1c(Cl)cccc1-c1cc(F)ccc1O. The molecule has 0 atom stereocenters. The minimum Gasteiger partial charge on any atom is -0.507 e. The van der Waals surface area contributed by atoms with Gasteiger partial charge in [0.25, 0.3) is 0 Å². The lowest BCUT2D eigenvalue weighted by molar-refractivity contribution is 0.0698. The number of halogens is 2. The summed E-state index contributed by atoms with van der Waals surface area (Å²) in [5.74, 6) is -2.01. The molecule has 0 unspecified atom stereocenters. The van der Waals surface area contributed by atoms with Crippen LogP contribution in [0.3, 0.4) is 0 Å². The Bertz CT molecular complexity index is 626. The molecule has 0 saturated heterocycles. The number of carboxylic acid groups (broad SMARTS) is 1. The lowest BCUT2D eigenvalue weighted by Gasteiger charge is -2.09. The summed E-state index contributed by atoms with van der Waals surface area (Å²) >= 11 is 5.81. The van der Waals surface area contributed by atoms with Gasteiger partial charge in [-0.15, -0.1) is 0 Å². The lowest BCUT2D eigenvalue weighted by atomic mass is 9.98. The van der Waals surface area contributed by atoms with E-state index in [0.29, 0.717) is 0 Å². The lowest BCUT2D eigenvalue weighted by Crippen LogP contribution is -2.01. The zero-order valence-corrected chi connectivity index (χ0v) is 9.78. The summed E-state index contributed by atoms with van der Waals surface area (Å²) in [4.78, 5) is 11.2. The highest BCUT2D eigenvalue weighted by Gasteiger charge is 2.18. The molecular weight excluding hydrogens is 259 g/mol. The van der Waals surface area contributed by atoms with Crippen molar-refractivity contribution in [2.45, 2.75) is 0 Å². The standard InChI is InChI=1S/C13H8ClFO3/c14-10-3-1-2-8(12(10)13(17)18)9-6-7(15)4-5-11(9)16/h1-6,16H,(H,17,18). The van der Waals surface area contributed by atoms with Gasteiger partial charge >= 0.3 is 5.97 Å². The number of hydrogen-bond donors (Lipinski definition) is 2. The van der Waals surface area contributed by atoms with Crippen molar-refractivity contribution in [3.63, 3.8) is 0 Å². The summed E-state index contributed by atoms with van der Waals surface area (Å²) in [6.07, 6.45) is 0. The summed E-state index contributed by atoms with van der Waals surface area (Å²) in [7, 11) is 0. The molecule has 92 valence electrons. The van der Waals surface area contributed by atoms with Crippen LogP contribution in [0.4, 0.5) is 4.39 Å². The number of rotatable bonds is 2. The van der Waals surface area contributed by atoms with Gasteiger partial charge in [-0.05, 0) is 24.3 Å². The van der Waals surface area contributed by atoms with Crippen molar-refractivity contribution in [3.8, 4) is 16.9 Å². The molecule has 3 nitrogen and oxygen atoms in total. The fourth-order valence-corrected chi connectivity index (χ4v) is 1.95. The van der Waals surface area contributed by atoms with Crippen LogP contribution < -0.4 is 0 Å². The molecule has 0 spiro atoms. The van der Waals surface area contributed by atoms with Crippen LogP contribution in [0.1, 0.15) is 10.4 Å². The monoisotopic (exact) mass is 266 g/mol. The average molecular weight is 267 g/mol. The van der Waals surface area contributed by atoms with Crippen LogP contribution in [0.5, 0.6) is 5.75 Å². The second kappa shape index (κ2) is 4.66. The van der Waals surface area contributed by atoms with Crippen LogP contribution >= 0.6 is 11.6 Å². The highest BCUT2D eigenvalue weighted by Crippen LogP contribution is 2.35. The molecule has 0 saturated carbocycles. The molecule has 0 aromatic heterocycles. The molecule has 2 N–H and O–H groups in total. The van der Waals surface area contributed by atoms with Crippen LogP contribution in [0, 0.1) is 5.82 Å². The normalized spacial score (nSPS) is 10.3. The highest BCUT2D eigenvalue weighted by molar-refractivity contribution is 6.34. The smallest absolute Gasteiger partial charge is 0.337 e. The van der Waals surface area contributed by atoms with E-state index in [-0.39, 0.29) is 27.5 Å². The zero-order valence-electron chi connectivity index (χ0n) is 9.02. The Morgan fingerprint density at radius 1 is 1.17 bits per heavy atom. The van der Waals surface area contributed by atoms with Crippen LogP contribution in [0.2, 0.25) is 5.02 Å². The first-order valence-electron chi connectivity index (χ1n) is 5.01. The maximum absolute atomic E-state index is 13.2. The van der Waals surface area contributed by atoms with Gasteiger partial charge in [-0.2, -0.15) is 0 Å².